The third-order valence-corrected chi connectivity index (χ3v) is 2.39. The molecule has 4 nitrogen and oxygen atoms in total. The SMILES string of the molecule is NC(=O)c1ccc2c(c1)CN(C=O)C2. The Balaban J connectivity index is 2.35. The predicted octanol–water partition coefficient (Wildman–Crippen LogP) is 0.257. The first-order valence-corrected chi connectivity index (χ1v) is 4.31. The van der Waals surface area contributed by atoms with Crippen molar-refractivity contribution in [3.8, 4) is 0 Å². The van der Waals surface area contributed by atoms with E-state index >= 15 is 0 Å². The molecule has 1 heterocycles. The number of carbonyl (C=O) groups excluding carboxylic acids is 2. The molecule has 0 spiro atoms. The molecule has 0 bridgehead atoms. The molecular formula is C10H10N2O2. The quantitative estimate of drug-likeness (QED) is 0.680. The lowest BCUT2D eigenvalue weighted by molar-refractivity contribution is -0.118. The molecule has 1 aromatic carbocycles. The second kappa shape index (κ2) is 3.14. The van der Waals surface area contributed by atoms with Crippen molar-refractivity contribution in [1.29, 1.82) is 0 Å². The molecule has 2 rings (SSSR count). The number of fused-ring (bicyclic) bond motifs is 1. The van der Waals surface area contributed by atoms with Crippen LogP contribution in [0.1, 0.15) is 21.5 Å². The molecule has 1 aliphatic heterocycles. The van der Waals surface area contributed by atoms with E-state index in [9.17, 15) is 9.59 Å². The number of amides is 2. The van der Waals surface area contributed by atoms with Crippen molar-refractivity contribution in [2.45, 2.75) is 13.1 Å². The van der Waals surface area contributed by atoms with Crippen molar-refractivity contribution in [1.82, 2.24) is 4.90 Å². The summed E-state index contributed by atoms with van der Waals surface area (Å²) in [6.07, 6.45) is 0.809. The molecule has 2 amide bonds. The van der Waals surface area contributed by atoms with Gasteiger partial charge in [0.15, 0.2) is 0 Å². The van der Waals surface area contributed by atoms with Crippen LogP contribution in [0.15, 0.2) is 18.2 Å². The highest BCUT2D eigenvalue weighted by Crippen LogP contribution is 2.22. The fraction of sp³-hybridized carbons (Fsp3) is 0.200. The Bertz CT molecular complexity index is 401. The van der Waals surface area contributed by atoms with Gasteiger partial charge in [-0.3, -0.25) is 9.59 Å². The van der Waals surface area contributed by atoms with Crippen molar-refractivity contribution in [2.24, 2.45) is 5.73 Å². The Morgan fingerprint density at radius 1 is 1.36 bits per heavy atom. The maximum atomic E-state index is 10.9. The summed E-state index contributed by atoms with van der Waals surface area (Å²) < 4.78 is 0. The topological polar surface area (TPSA) is 63.4 Å². The van der Waals surface area contributed by atoms with Crippen LogP contribution in [0.4, 0.5) is 0 Å². The van der Waals surface area contributed by atoms with Gasteiger partial charge in [0.05, 0.1) is 0 Å². The van der Waals surface area contributed by atoms with E-state index in [0.29, 0.717) is 18.7 Å². The summed E-state index contributed by atoms with van der Waals surface area (Å²) in [5.74, 6) is -0.433. The molecule has 14 heavy (non-hydrogen) atoms. The van der Waals surface area contributed by atoms with Gasteiger partial charge in [-0.1, -0.05) is 6.07 Å². The second-order valence-electron chi connectivity index (χ2n) is 3.36. The van der Waals surface area contributed by atoms with E-state index in [-0.39, 0.29) is 0 Å². The fourth-order valence-corrected chi connectivity index (χ4v) is 1.65. The van der Waals surface area contributed by atoms with Gasteiger partial charge in [0.1, 0.15) is 0 Å². The zero-order valence-electron chi connectivity index (χ0n) is 7.56. The lowest BCUT2D eigenvalue weighted by Gasteiger charge is -2.04. The number of hydrogen-bond acceptors (Lipinski definition) is 2. The van der Waals surface area contributed by atoms with E-state index in [1.165, 1.54) is 0 Å². The molecule has 2 N–H and O–H groups in total. The number of hydrogen-bond donors (Lipinski definition) is 1. The number of benzene rings is 1. The average molecular weight is 190 g/mol. The molecule has 0 unspecified atom stereocenters. The van der Waals surface area contributed by atoms with E-state index in [2.05, 4.69) is 0 Å². The minimum atomic E-state index is -0.433. The Hall–Kier alpha value is -1.84. The zero-order valence-corrected chi connectivity index (χ0v) is 7.56. The van der Waals surface area contributed by atoms with Gasteiger partial charge in [-0.05, 0) is 23.3 Å². The lowest BCUT2D eigenvalue weighted by Crippen LogP contribution is -2.12. The second-order valence-corrected chi connectivity index (χ2v) is 3.36. The molecule has 0 aliphatic carbocycles. The highest BCUT2D eigenvalue weighted by Gasteiger charge is 2.17. The van der Waals surface area contributed by atoms with E-state index in [0.717, 1.165) is 17.5 Å². The molecule has 1 aromatic rings. The van der Waals surface area contributed by atoms with Gasteiger partial charge in [0.25, 0.3) is 0 Å². The fourth-order valence-electron chi connectivity index (χ4n) is 1.65. The Kier molecular flexibility index (Phi) is 1.96. The summed E-state index contributed by atoms with van der Waals surface area (Å²) in [6, 6.07) is 5.29. The maximum Gasteiger partial charge on any atom is 0.248 e. The predicted molar refractivity (Wildman–Crippen MR) is 50.3 cm³/mol. The minimum absolute atomic E-state index is 0.433. The van der Waals surface area contributed by atoms with Crippen LogP contribution < -0.4 is 5.73 Å². The Labute approximate surface area is 81.3 Å². The molecule has 1 aliphatic rings. The van der Waals surface area contributed by atoms with Crippen LogP contribution >= 0.6 is 0 Å². The number of primary amides is 1. The van der Waals surface area contributed by atoms with Crippen molar-refractivity contribution in [2.75, 3.05) is 0 Å². The van der Waals surface area contributed by atoms with Crippen LogP contribution in [0.25, 0.3) is 0 Å². The van der Waals surface area contributed by atoms with Crippen LogP contribution in [0.2, 0.25) is 0 Å². The highest BCUT2D eigenvalue weighted by molar-refractivity contribution is 5.93. The lowest BCUT2D eigenvalue weighted by atomic mass is 10.1. The van der Waals surface area contributed by atoms with E-state index in [1.807, 2.05) is 6.07 Å². The van der Waals surface area contributed by atoms with Crippen LogP contribution in [0.3, 0.4) is 0 Å². The zero-order chi connectivity index (χ0) is 10.1. The van der Waals surface area contributed by atoms with Crippen LogP contribution in [-0.2, 0) is 17.9 Å². The molecule has 0 atom stereocenters. The van der Waals surface area contributed by atoms with Gasteiger partial charge in [-0.25, -0.2) is 0 Å². The molecule has 0 fully saturated rings. The third kappa shape index (κ3) is 1.35. The van der Waals surface area contributed by atoms with Gasteiger partial charge < -0.3 is 10.6 Å². The van der Waals surface area contributed by atoms with Gasteiger partial charge in [-0.15, -0.1) is 0 Å². The summed E-state index contributed by atoms with van der Waals surface area (Å²) in [6.45, 7) is 1.19. The molecule has 72 valence electrons. The Morgan fingerprint density at radius 2 is 2.07 bits per heavy atom. The number of nitrogens with two attached hydrogens (primary N) is 1. The molecule has 0 radical (unpaired) electrons. The van der Waals surface area contributed by atoms with Crippen LogP contribution in [0.5, 0.6) is 0 Å². The first-order chi connectivity index (χ1) is 6.70. The van der Waals surface area contributed by atoms with Gasteiger partial charge in [-0.2, -0.15) is 0 Å². The summed E-state index contributed by atoms with van der Waals surface area (Å²) in [7, 11) is 0. The van der Waals surface area contributed by atoms with Crippen molar-refractivity contribution >= 4 is 12.3 Å². The van der Waals surface area contributed by atoms with Crippen LogP contribution in [0, 0.1) is 0 Å². The smallest absolute Gasteiger partial charge is 0.248 e. The van der Waals surface area contributed by atoms with Gasteiger partial charge in [0.2, 0.25) is 12.3 Å². The van der Waals surface area contributed by atoms with Crippen LogP contribution in [-0.4, -0.2) is 17.2 Å². The minimum Gasteiger partial charge on any atom is -0.366 e. The standard InChI is InChI=1S/C10H10N2O2/c11-10(14)7-1-2-8-4-12(6-13)5-9(8)3-7/h1-3,6H,4-5H2,(H2,11,14). The van der Waals surface area contributed by atoms with E-state index in [1.54, 1.807) is 17.0 Å². The number of carbonyl (C=O) groups is 2. The summed E-state index contributed by atoms with van der Waals surface area (Å²) in [5.41, 5.74) is 7.74. The number of nitrogens with zero attached hydrogens (tertiary/aromatic N) is 1. The van der Waals surface area contributed by atoms with Gasteiger partial charge in [0, 0.05) is 18.7 Å². The normalized spacial score (nSPS) is 13.9. The van der Waals surface area contributed by atoms with E-state index < -0.39 is 5.91 Å². The Morgan fingerprint density at radius 3 is 2.71 bits per heavy atom. The molecule has 0 aromatic heterocycles. The molecule has 0 saturated carbocycles. The first-order valence-electron chi connectivity index (χ1n) is 4.31. The van der Waals surface area contributed by atoms with Crippen molar-refractivity contribution in [3.63, 3.8) is 0 Å². The summed E-state index contributed by atoms with van der Waals surface area (Å²) in [4.78, 5) is 23.1. The average Bonchev–Trinajstić information content (AvgIpc) is 2.58. The highest BCUT2D eigenvalue weighted by atomic mass is 16.1. The summed E-state index contributed by atoms with van der Waals surface area (Å²) in [5, 5.41) is 0. The summed E-state index contributed by atoms with van der Waals surface area (Å²) >= 11 is 0. The van der Waals surface area contributed by atoms with E-state index in [4.69, 9.17) is 5.73 Å². The molecule has 4 heteroatoms. The largest absolute Gasteiger partial charge is 0.366 e. The molecular weight excluding hydrogens is 180 g/mol. The monoisotopic (exact) mass is 190 g/mol. The van der Waals surface area contributed by atoms with Crippen molar-refractivity contribution < 1.29 is 9.59 Å². The maximum absolute atomic E-state index is 10.9. The molecule has 0 saturated heterocycles. The van der Waals surface area contributed by atoms with Crippen molar-refractivity contribution in [3.05, 3.63) is 34.9 Å². The number of rotatable bonds is 2. The van der Waals surface area contributed by atoms with Gasteiger partial charge >= 0.3 is 0 Å². The first kappa shape index (κ1) is 8.74. The third-order valence-electron chi connectivity index (χ3n) is 2.39.